The van der Waals surface area contributed by atoms with Gasteiger partial charge >= 0.3 is 23.9 Å². The summed E-state index contributed by atoms with van der Waals surface area (Å²) in [6, 6.07) is -2.76. The van der Waals surface area contributed by atoms with Crippen molar-refractivity contribution in [1.29, 1.82) is 0 Å². The van der Waals surface area contributed by atoms with E-state index in [1.54, 1.807) is 7.05 Å². The Balaban J connectivity index is 2.49. The quantitative estimate of drug-likeness (QED) is 0.0368. The minimum atomic E-state index is -1.89. The number of aromatic hydroxyl groups is 2. The Labute approximate surface area is 744 Å². The molecule has 2 rings (SSSR count). The van der Waals surface area contributed by atoms with E-state index >= 15 is 0 Å². The summed E-state index contributed by atoms with van der Waals surface area (Å²) in [7, 11) is 1.55. The molecule has 0 saturated heterocycles. The van der Waals surface area contributed by atoms with Crippen LogP contribution in [0, 0.1) is 0 Å². The molecule has 128 heavy (non-hydrogen) atoms. The lowest BCUT2D eigenvalue weighted by atomic mass is 10.0. The number of aliphatic carboxylic acids is 4. The van der Waals surface area contributed by atoms with Gasteiger partial charge in [-0.1, -0.05) is 108 Å². The fraction of sp³-hybridized carbons (Fsp3) is 0.647. The van der Waals surface area contributed by atoms with Crippen LogP contribution < -0.4 is 80.2 Å². The van der Waals surface area contributed by atoms with E-state index in [1.165, 1.54) is 100 Å². The van der Waals surface area contributed by atoms with E-state index in [0.29, 0.717) is 19.3 Å². The van der Waals surface area contributed by atoms with E-state index in [9.17, 15) is 117 Å². The Bertz CT molecular complexity index is 3770. The van der Waals surface area contributed by atoms with Crippen LogP contribution in [0.15, 0.2) is 48.5 Å². The number of carboxylic acids is 4. The van der Waals surface area contributed by atoms with Crippen molar-refractivity contribution in [2.45, 2.75) is 255 Å². The lowest BCUT2D eigenvalue weighted by Gasteiger charge is -2.28. The number of primary amides is 1. The van der Waals surface area contributed by atoms with Crippen molar-refractivity contribution < 1.29 is 136 Å². The molecule has 718 valence electrons. The Hall–Kier alpha value is -11.7. The van der Waals surface area contributed by atoms with Crippen LogP contribution in [0.3, 0.4) is 0 Å². The van der Waals surface area contributed by atoms with Crippen molar-refractivity contribution in [2.24, 2.45) is 5.73 Å². The van der Waals surface area contributed by atoms with Crippen LogP contribution >= 0.6 is 0 Å². The summed E-state index contributed by atoms with van der Waals surface area (Å²) < 4.78 is 21.6. The summed E-state index contributed by atoms with van der Waals surface area (Å²) in [5.74, 6) is -17.8. The Morgan fingerprint density at radius 2 is 0.641 bits per heavy atom. The standard InChI is InChI=1S/C85H135N15O28/c1-4-5-6-7-8-9-10-11-12-13-14-15-16-23-70(105)89-40-19-18-22-62(95-82(121)65(34-38-76(113)114)98-85(124)68(51-58-26-30-60(103)31-27-58)99-81(120)64(33-37-75(111)112)94-73(108)55-128-49-47-125-44-42-88-56(2)101)80(119)97-66(35-39-77(115)116)83(122)100-67(50-57-24-28-59(102)29-25-57)84(123)96-63(32-36-74(109)110)78(117)91-43-45-126-46-48-127-54-72(107)90-41-20-17-21-61(93-71(106)53-87-3)79(118)92-52-69(86)104/h24-31,61-68,87,102-103H,4-23,32-55H2,1-3H3,(H2,86,104)(H,88,101)(H,89,105)(H,90,107)(H,91,117)(H,92,118)(H,93,106)(H,94,108)(H,95,121)(H,96,123)(H,97,119)(H,98,124)(H,99,120)(H,100,122)(H,109,110)(H,111,112)(H,113,114)(H,115,116)/t61-,62-,63-,64+,65-,66-,67-,68-/m0/s1. The number of carbonyl (C=O) groups is 18. The largest absolute Gasteiger partial charge is 0.508 e. The van der Waals surface area contributed by atoms with Gasteiger partial charge < -0.3 is 130 Å². The minimum Gasteiger partial charge on any atom is -0.508 e. The maximum Gasteiger partial charge on any atom is 0.303 e. The number of nitrogens with two attached hydrogens (primary N) is 1. The lowest BCUT2D eigenvalue weighted by molar-refractivity contribution is -0.139. The fourth-order valence-corrected chi connectivity index (χ4v) is 12.7. The molecule has 0 aliphatic rings. The number of carbonyl (C=O) groups excluding carboxylic acids is 14. The predicted octanol–water partition coefficient (Wildman–Crippen LogP) is -0.586. The van der Waals surface area contributed by atoms with Gasteiger partial charge in [-0.15, -0.1) is 0 Å². The molecule has 0 aliphatic heterocycles. The van der Waals surface area contributed by atoms with E-state index in [4.69, 9.17) is 24.7 Å². The summed E-state index contributed by atoms with van der Waals surface area (Å²) in [6.07, 6.45) is 9.11. The molecule has 0 saturated carbocycles. The van der Waals surface area contributed by atoms with E-state index in [1.807, 2.05) is 0 Å². The second-order valence-corrected chi connectivity index (χ2v) is 30.6. The minimum absolute atomic E-state index is 0.00934. The lowest BCUT2D eigenvalue weighted by Crippen LogP contribution is -2.60. The molecule has 0 radical (unpaired) electrons. The summed E-state index contributed by atoms with van der Waals surface area (Å²) in [5, 5.41) is 94.9. The Morgan fingerprint density at radius 3 is 1.04 bits per heavy atom. The number of benzene rings is 2. The number of carboxylic acid groups (broad SMARTS) is 4. The second kappa shape index (κ2) is 68.5. The summed E-state index contributed by atoms with van der Waals surface area (Å²) in [4.78, 5) is 236. The molecule has 0 bridgehead atoms. The highest BCUT2D eigenvalue weighted by Crippen LogP contribution is 2.18. The van der Waals surface area contributed by atoms with Crippen LogP contribution in [0.25, 0.3) is 0 Å². The first-order valence-corrected chi connectivity index (χ1v) is 43.6. The molecule has 2 aromatic carbocycles. The number of hydrogen-bond acceptors (Lipinski definition) is 25. The first kappa shape index (κ1) is 112. The van der Waals surface area contributed by atoms with E-state index in [-0.39, 0.29) is 146 Å². The highest BCUT2D eigenvalue weighted by Gasteiger charge is 2.36. The number of amides is 14. The van der Waals surface area contributed by atoms with Gasteiger partial charge in [-0.25, -0.2) is 0 Å². The zero-order valence-electron chi connectivity index (χ0n) is 73.6. The average molecular weight is 1820 g/mol. The Kier molecular flexibility index (Phi) is 60.1. The van der Waals surface area contributed by atoms with Crippen LogP contribution in [0.4, 0.5) is 0 Å². The molecular weight excluding hydrogens is 1680 g/mol. The number of phenols is 2. The zero-order valence-corrected chi connectivity index (χ0v) is 73.6. The molecular formula is C85H135N15O28. The highest BCUT2D eigenvalue weighted by atomic mass is 16.5. The van der Waals surface area contributed by atoms with Crippen LogP contribution in [-0.2, 0) is 118 Å². The number of phenolic OH excluding ortho intramolecular Hbond substituents is 2. The highest BCUT2D eigenvalue weighted by molar-refractivity contribution is 5.99. The monoisotopic (exact) mass is 1810 g/mol. The fourth-order valence-electron chi connectivity index (χ4n) is 12.7. The Morgan fingerprint density at radius 1 is 0.312 bits per heavy atom. The van der Waals surface area contributed by atoms with Crippen LogP contribution in [0.2, 0.25) is 0 Å². The van der Waals surface area contributed by atoms with Crippen LogP contribution in [0.5, 0.6) is 11.5 Å². The predicted molar refractivity (Wildman–Crippen MR) is 462 cm³/mol. The molecule has 0 unspecified atom stereocenters. The van der Waals surface area contributed by atoms with Gasteiger partial charge in [0.2, 0.25) is 82.7 Å². The first-order valence-electron chi connectivity index (χ1n) is 43.6. The van der Waals surface area contributed by atoms with E-state index in [0.717, 1.165) is 32.1 Å². The second-order valence-electron chi connectivity index (χ2n) is 30.6. The van der Waals surface area contributed by atoms with Gasteiger partial charge in [0.1, 0.15) is 73.0 Å². The van der Waals surface area contributed by atoms with E-state index in [2.05, 4.69) is 81.4 Å². The molecule has 8 atom stereocenters. The molecule has 14 amide bonds. The summed E-state index contributed by atoms with van der Waals surface area (Å²) >= 11 is 0. The third-order valence-electron chi connectivity index (χ3n) is 19.6. The van der Waals surface area contributed by atoms with Gasteiger partial charge in [0.15, 0.2) is 0 Å². The molecule has 0 spiro atoms. The molecule has 43 heteroatoms. The molecule has 0 fully saturated rings. The van der Waals surface area contributed by atoms with Gasteiger partial charge in [0.25, 0.3) is 0 Å². The number of ether oxygens (including phenoxy) is 4. The van der Waals surface area contributed by atoms with Crippen molar-refractivity contribution >= 4 is 107 Å². The third kappa shape index (κ3) is 56.4. The van der Waals surface area contributed by atoms with Gasteiger partial charge in [0, 0.05) is 78.0 Å². The van der Waals surface area contributed by atoms with Gasteiger partial charge in [0.05, 0.1) is 52.7 Å². The summed E-state index contributed by atoms with van der Waals surface area (Å²) in [5.41, 5.74) is 5.67. The number of likely N-dealkylation sites (N-methyl/N-ethyl adjacent to an activating group) is 1. The average Bonchev–Trinajstić information content (AvgIpc) is 0.847. The van der Waals surface area contributed by atoms with Crippen molar-refractivity contribution in [3.63, 3.8) is 0 Å². The van der Waals surface area contributed by atoms with Crippen molar-refractivity contribution in [1.82, 2.24) is 74.4 Å². The van der Waals surface area contributed by atoms with Crippen molar-refractivity contribution in [2.75, 3.05) is 99.2 Å². The van der Waals surface area contributed by atoms with Gasteiger partial charge in [-0.05, 0) is 113 Å². The van der Waals surface area contributed by atoms with Crippen molar-refractivity contribution in [3.8, 4) is 11.5 Å². The van der Waals surface area contributed by atoms with Crippen molar-refractivity contribution in [3.05, 3.63) is 59.7 Å². The summed E-state index contributed by atoms with van der Waals surface area (Å²) in [6.45, 7) is 1.89. The molecule has 43 nitrogen and oxygen atoms in total. The number of hydrogen-bond donors (Lipinski definition) is 21. The van der Waals surface area contributed by atoms with E-state index < -0.39 is 220 Å². The molecule has 0 heterocycles. The molecule has 0 aliphatic carbocycles. The maximum atomic E-state index is 15.0. The first-order chi connectivity index (χ1) is 61.2. The topological polar surface area (TPSA) is 660 Å². The molecule has 0 aromatic heterocycles. The molecule has 22 N–H and O–H groups in total. The number of rotatable bonds is 76. The SMILES string of the molecule is CCCCCCCCCCCCCCCC(=O)NCCCC[C@H](NC(=O)[C@H](CCC(=O)O)NC(=O)[C@H](Cc1ccc(O)cc1)NC(=O)[C@@H](CCC(=O)O)NC(=O)COCCOCCNC(C)=O)C(=O)N[C@@H](CCC(=O)O)C(=O)N[C@@H](Cc1ccc(O)cc1)C(=O)N[C@@H](CCC(=O)O)C(=O)NCCOCCOCC(=O)NCCCC[C@H](NC(=O)CNC)C(=O)NCC(N)=O. The van der Waals surface area contributed by atoms with Crippen LogP contribution in [-0.4, -0.2) is 285 Å². The van der Waals surface area contributed by atoms with Gasteiger partial charge in [-0.2, -0.15) is 0 Å². The number of unbranched alkanes of at least 4 members (excludes halogenated alkanes) is 14. The number of nitrogens with one attached hydrogen (secondary N) is 14. The third-order valence-corrected chi connectivity index (χ3v) is 19.6. The van der Waals surface area contributed by atoms with Gasteiger partial charge in [-0.3, -0.25) is 86.3 Å². The maximum absolute atomic E-state index is 15.0. The molecule has 2 aromatic rings. The normalized spacial score (nSPS) is 12.8. The smallest absolute Gasteiger partial charge is 0.303 e. The van der Waals surface area contributed by atoms with Crippen LogP contribution in [0.1, 0.15) is 205 Å². The zero-order chi connectivity index (χ0) is 94.8.